The molecular formula is C29H34ClN3O7. The first kappa shape index (κ1) is 27.3. The van der Waals surface area contributed by atoms with Crippen molar-refractivity contribution in [2.45, 2.75) is 56.2 Å². The lowest BCUT2D eigenvalue weighted by atomic mass is 9.57. The quantitative estimate of drug-likeness (QED) is 0.333. The van der Waals surface area contributed by atoms with Crippen LogP contribution in [0.2, 0.25) is 5.02 Å². The first-order chi connectivity index (χ1) is 18.9. The van der Waals surface area contributed by atoms with Gasteiger partial charge in [-0.1, -0.05) is 11.6 Å². The van der Waals surface area contributed by atoms with E-state index in [0.717, 1.165) is 31.5 Å². The Morgan fingerprint density at radius 1 is 1.20 bits per heavy atom. The van der Waals surface area contributed by atoms with Crippen molar-refractivity contribution >= 4 is 34.8 Å². The fraction of sp³-hybridized carbons (Fsp3) is 0.552. The third-order valence-electron chi connectivity index (χ3n) is 9.59. The molecule has 5 aliphatic rings. The molecule has 0 aromatic heterocycles. The molecule has 3 fully saturated rings. The third-order valence-corrected chi connectivity index (χ3v) is 10.0. The lowest BCUT2D eigenvalue weighted by molar-refractivity contribution is -0.153. The van der Waals surface area contributed by atoms with E-state index in [0.29, 0.717) is 16.5 Å². The zero-order chi connectivity index (χ0) is 28.8. The summed E-state index contributed by atoms with van der Waals surface area (Å²) in [5.74, 6) is -5.99. The predicted molar refractivity (Wildman–Crippen MR) is 146 cm³/mol. The summed E-state index contributed by atoms with van der Waals surface area (Å²) in [6.07, 6.45) is 4.57. The van der Waals surface area contributed by atoms with Crippen LogP contribution in [0.3, 0.4) is 0 Å². The van der Waals surface area contributed by atoms with E-state index < -0.39 is 58.0 Å². The van der Waals surface area contributed by atoms with Crippen molar-refractivity contribution in [2.75, 3.05) is 27.2 Å². The van der Waals surface area contributed by atoms with Crippen molar-refractivity contribution in [1.29, 1.82) is 0 Å². The Kier molecular flexibility index (Phi) is 6.34. The molecular weight excluding hydrogens is 538 g/mol. The second-order valence-corrected chi connectivity index (χ2v) is 12.6. The Morgan fingerprint density at radius 2 is 1.90 bits per heavy atom. The summed E-state index contributed by atoms with van der Waals surface area (Å²) in [7, 11) is 3.15. The zero-order valence-corrected chi connectivity index (χ0v) is 23.2. The smallest absolute Gasteiger partial charge is 0.255 e. The highest BCUT2D eigenvalue weighted by Crippen LogP contribution is 2.54. The molecule has 2 saturated carbocycles. The van der Waals surface area contributed by atoms with E-state index in [-0.39, 0.29) is 35.8 Å². The van der Waals surface area contributed by atoms with Crippen molar-refractivity contribution < 1.29 is 34.8 Å². The highest BCUT2D eigenvalue weighted by atomic mass is 35.5. The average Bonchev–Trinajstić information content (AvgIpc) is 3.58. The summed E-state index contributed by atoms with van der Waals surface area (Å²) in [6.45, 7) is 1.93. The van der Waals surface area contributed by atoms with Crippen LogP contribution in [0.15, 0.2) is 23.0 Å². The Labute approximate surface area is 236 Å². The predicted octanol–water partition coefficient (Wildman–Crippen LogP) is 2.16. The van der Waals surface area contributed by atoms with Crippen molar-refractivity contribution in [3.63, 3.8) is 0 Å². The Morgan fingerprint density at radius 3 is 2.52 bits per heavy atom. The molecule has 1 aliphatic heterocycles. The van der Waals surface area contributed by atoms with Gasteiger partial charge in [0.25, 0.3) is 5.91 Å². The number of aromatic hydroxyl groups is 1. The first-order valence-corrected chi connectivity index (χ1v) is 14.2. The van der Waals surface area contributed by atoms with Crippen molar-refractivity contribution in [1.82, 2.24) is 9.80 Å². The number of Topliss-reactive ketones (excluding diaryl/α,β-unsaturated/α-hetero) is 2. The van der Waals surface area contributed by atoms with Gasteiger partial charge < -0.3 is 26.2 Å². The molecule has 11 heteroatoms. The van der Waals surface area contributed by atoms with E-state index in [1.54, 1.807) is 20.2 Å². The number of amides is 1. The van der Waals surface area contributed by atoms with Crippen LogP contribution in [0.4, 0.5) is 0 Å². The molecule has 6 rings (SSSR count). The van der Waals surface area contributed by atoms with Crippen LogP contribution in [0.5, 0.6) is 5.75 Å². The summed E-state index contributed by atoms with van der Waals surface area (Å²) in [5, 5.41) is 45.7. The molecule has 1 aromatic carbocycles. The van der Waals surface area contributed by atoms with Crippen LogP contribution in [0.1, 0.15) is 54.8 Å². The highest BCUT2D eigenvalue weighted by molar-refractivity contribution is 6.33. The van der Waals surface area contributed by atoms with Gasteiger partial charge in [0.15, 0.2) is 11.4 Å². The number of phenols is 1. The molecule has 1 saturated heterocycles. The number of nitrogens with two attached hydrogens (primary N) is 1. The summed E-state index contributed by atoms with van der Waals surface area (Å²) >= 11 is 7.01. The number of rotatable bonds is 5. The van der Waals surface area contributed by atoms with E-state index in [1.807, 2.05) is 0 Å². The van der Waals surface area contributed by atoms with E-state index >= 15 is 0 Å². The van der Waals surface area contributed by atoms with Gasteiger partial charge >= 0.3 is 0 Å². The van der Waals surface area contributed by atoms with Gasteiger partial charge in [-0.25, -0.2) is 0 Å². The molecule has 1 unspecified atom stereocenters. The molecule has 0 spiro atoms. The summed E-state index contributed by atoms with van der Waals surface area (Å²) in [6, 6.07) is 0.475. The molecule has 4 aliphatic carbocycles. The molecule has 5 atom stereocenters. The van der Waals surface area contributed by atoms with E-state index in [2.05, 4.69) is 4.90 Å². The normalized spacial score (nSPS) is 32.4. The number of aliphatic hydroxyl groups is 3. The summed E-state index contributed by atoms with van der Waals surface area (Å²) in [5.41, 5.74) is 3.03. The van der Waals surface area contributed by atoms with Crippen molar-refractivity contribution in [3.8, 4) is 5.75 Å². The van der Waals surface area contributed by atoms with Gasteiger partial charge in [0, 0.05) is 29.1 Å². The minimum atomic E-state index is -2.66. The van der Waals surface area contributed by atoms with Gasteiger partial charge in [-0.3, -0.25) is 24.2 Å². The van der Waals surface area contributed by atoms with E-state index in [9.17, 15) is 34.8 Å². The highest BCUT2D eigenvalue weighted by Gasteiger charge is 2.64. The maximum absolute atomic E-state index is 13.9. The standard InChI is InChI=1S/C29H34ClN3O7/c1-32(2)23-16-9-13-8-15-20(18(34)10-14(22(15)30)17-4-3-7-33(17)11-12-5-6-12)24(35)19(13)26(37)29(16,40)27(38)21(25(23)36)28(31)39/h10,12-13,16-17,23,34-35,38,40H,3-9,11H2,1-2H3,(H2,31,39)/t13-,16-,17?,23-,29-/m0/s1. The Bertz CT molecular complexity index is 1410. The van der Waals surface area contributed by atoms with E-state index in [1.165, 1.54) is 17.7 Å². The first-order valence-electron chi connectivity index (χ1n) is 13.8. The summed E-state index contributed by atoms with van der Waals surface area (Å²) < 4.78 is 0. The van der Waals surface area contributed by atoms with Crippen LogP contribution in [-0.2, 0) is 20.8 Å². The molecule has 1 amide bonds. The SMILES string of the molecule is CN(C)[C@@H]1C(=O)C(C(N)=O)=C(O)[C@@]2(O)C(=O)C3=C(O)c4c(O)cc(C5CCCN5CC5CC5)c(Cl)c4C[C@H]3C[C@@H]12. The second kappa shape index (κ2) is 9.30. The number of likely N-dealkylation sites (N-methyl/N-ethyl adjacent to an activating group) is 1. The van der Waals surface area contributed by atoms with Gasteiger partial charge in [0.05, 0.1) is 11.6 Å². The number of primary amides is 1. The monoisotopic (exact) mass is 571 g/mol. The molecule has 40 heavy (non-hydrogen) atoms. The number of likely N-dealkylation sites (tertiary alicyclic amines) is 1. The number of halogens is 1. The molecule has 0 bridgehead atoms. The maximum Gasteiger partial charge on any atom is 0.255 e. The van der Waals surface area contributed by atoms with Crippen LogP contribution in [-0.4, -0.2) is 86.5 Å². The van der Waals surface area contributed by atoms with E-state index in [4.69, 9.17) is 17.3 Å². The average molecular weight is 572 g/mol. The minimum Gasteiger partial charge on any atom is -0.508 e. The topological polar surface area (TPSA) is 165 Å². The number of aliphatic hydroxyl groups excluding tert-OH is 2. The molecule has 6 N–H and O–H groups in total. The number of nitrogens with zero attached hydrogens (tertiary/aromatic N) is 2. The van der Waals surface area contributed by atoms with Crippen LogP contribution >= 0.6 is 11.6 Å². The number of fused-ring (bicyclic) bond motifs is 3. The lowest BCUT2D eigenvalue weighted by Crippen LogP contribution is -2.65. The number of hydrogen-bond acceptors (Lipinski definition) is 9. The fourth-order valence-corrected chi connectivity index (χ4v) is 7.93. The second-order valence-electron chi connectivity index (χ2n) is 12.2. The molecule has 214 valence electrons. The molecule has 0 radical (unpaired) electrons. The number of carbonyl (C=O) groups excluding carboxylic acids is 3. The van der Waals surface area contributed by atoms with Crippen molar-refractivity contribution in [3.05, 3.63) is 44.7 Å². The number of ketones is 2. The molecule has 1 heterocycles. The fourth-order valence-electron chi connectivity index (χ4n) is 7.58. The van der Waals surface area contributed by atoms with Gasteiger partial charge in [-0.15, -0.1) is 0 Å². The molecule has 10 nitrogen and oxygen atoms in total. The largest absolute Gasteiger partial charge is 0.508 e. The zero-order valence-electron chi connectivity index (χ0n) is 22.5. The van der Waals surface area contributed by atoms with Crippen LogP contribution < -0.4 is 5.73 Å². The number of carbonyl (C=O) groups is 3. The van der Waals surface area contributed by atoms with Gasteiger partial charge in [-0.05, 0) is 88.2 Å². The van der Waals surface area contributed by atoms with Crippen LogP contribution in [0.25, 0.3) is 5.76 Å². The maximum atomic E-state index is 13.9. The number of hydrogen-bond donors (Lipinski definition) is 5. The van der Waals surface area contributed by atoms with Gasteiger partial charge in [-0.2, -0.15) is 0 Å². The summed E-state index contributed by atoms with van der Waals surface area (Å²) in [4.78, 5) is 43.2. The number of benzene rings is 1. The molecule has 1 aromatic rings. The minimum absolute atomic E-state index is 0.0248. The number of phenolic OH excluding ortho intramolecular Hbond substituents is 1. The Hall–Kier alpha value is -2.92. The Balaban J connectivity index is 1.47. The third kappa shape index (κ3) is 3.76. The van der Waals surface area contributed by atoms with Gasteiger partial charge in [0.2, 0.25) is 5.78 Å². The van der Waals surface area contributed by atoms with Gasteiger partial charge in [0.1, 0.15) is 22.8 Å². The van der Waals surface area contributed by atoms with Crippen LogP contribution in [0, 0.1) is 17.8 Å². The lowest BCUT2D eigenvalue weighted by Gasteiger charge is -2.50. The van der Waals surface area contributed by atoms with Crippen molar-refractivity contribution in [2.24, 2.45) is 23.5 Å².